The van der Waals surface area contributed by atoms with Crippen molar-refractivity contribution in [2.75, 3.05) is 38.0 Å². The Morgan fingerprint density at radius 1 is 1.16 bits per heavy atom. The number of halogens is 3. The fraction of sp³-hybridized carbons (Fsp3) is 0.346. The average molecular weight is 516 g/mol. The minimum Gasteiger partial charge on any atom is -0.495 e. The van der Waals surface area contributed by atoms with Gasteiger partial charge in [-0.2, -0.15) is 18.2 Å². The predicted molar refractivity (Wildman–Crippen MR) is 133 cm³/mol. The number of hydrogen-bond donors (Lipinski definition) is 3. The van der Waals surface area contributed by atoms with E-state index in [9.17, 15) is 18.0 Å². The van der Waals surface area contributed by atoms with Gasteiger partial charge in [0.05, 0.1) is 19.4 Å². The molecular weight excluding hydrogens is 487 g/mol. The Hall–Kier alpha value is -3.86. The topological polar surface area (TPSA) is 97.4 Å². The molecule has 0 spiro atoms. The van der Waals surface area contributed by atoms with E-state index in [1.54, 1.807) is 12.1 Å². The van der Waals surface area contributed by atoms with E-state index in [2.05, 4.69) is 25.9 Å². The second kappa shape index (κ2) is 11.0. The first-order valence-corrected chi connectivity index (χ1v) is 11.7. The van der Waals surface area contributed by atoms with Gasteiger partial charge in [0.2, 0.25) is 5.95 Å². The zero-order valence-electron chi connectivity index (χ0n) is 20.6. The number of aromatic nitrogens is 2. The second-order valence-corrected chi connectivity index (χ2v) is 8.68. The number of amides is 1. The van der Waals surface area contributed by atoms with E-state index in [1.165, 1.54) is 20.3 Å². The number of alkyl halides is 3. The van der Waals surface area contributed by atoms with Gasteiger partial charge < -0.3 is 25.4 Å². The molecule has 0 radical (unpaired) electrons. The molecular formula is C26H28F3N5O3. The number of ether oxygens (including phenoxy) is 2. The molecule has 0 bridgehead atoms. The Morgan fingerprint density at radius 3 is 2.65 bits per heavy atom. The fourth-order valence-corrected chi connectivity index (χ4v) is 4.33. The van der Waals surface area contributed by atoms with Gasteiger partial charge >= 0.3 is 6.18 Å². The number of methoxy groups -OCH3 is 2. The molecule has 1 aliphatic carbocycles. The van der Waals surface area contributed by atoms with Crippen molar-refractivity contribution in [2.24, 2.45) is 0 Å². The molecule has 0 aliphatic heterocycles. The monoisotopic (exact) mass is 515 g/mol. The molecule has 3 N–H and O–H groups in total. The van der Waals surface area contributed by atoms with E-state index in [0.29, 0.717) is 36.6 Å². The molecule has 2 atom stereocenters. The molecule has 1 heterocycles. The van der Waals surface area contributed by atoms with Crippen LogP contribution >= 0.6 is 0 Å². The number of benzene rings is 2. The third-order valence-corrected chi connectivity index (χ3v) is 6.31. The van der Waals surface area contributed by atoms with Crippen molar-refractivity contribution in [3.05, 3.63) is 70.9 Å². The molecule has 1 aliphatic rings. The number of fused-ring (bicyclic) bond motifs is 1. The standard InChI is InChI=1S/C26H28F3N5O3/c1-15-18-7-5-4-6-16(18)12-21(15)32-23-19(26(27,28)29)14-31-25(34-23)33-20-9-8-17(13-22(20)37-3)24(35)30-10-11-36-2/h4-9,13-15,21H,10-12H2,1-3H3,(H,30,35)(H2,31,32,33,34)/t15-,21-/m1/s1. The third kappa shape index (κ3) is 5.93. The van der Waals surface area contributed by atoms with Crippen molar-refractivity contribution in [1.29, 1.82) is 0 Å². The van der Waals surface area contributed by atoms with Gasteiger partial charge in [0.1, 0.15) is 17.1 Å². The quantitative estimate of drug-likeness (QED) is 0.354. The van der Waals surface area contributed by atoms with E-state index in [-0.39, 0.29) is 29.6 Å². The Kier molecular flexibility index (Phi) is 7.82. The Balaban J connectivity index is 1.57. The van der Waals surface area contributed by atoms with Crippen LogP contribution in [-0.2, 0) is 17.3 Å². The molecule has 2 aromatic carbocycles. The number of anilines is 3. The summed E-state index contributed by atoms with van der Waals surface area (Å²) in [6, 6.07) is 12.2. The second-order valence-electron chi connectivity index (χ2n) is 8.68. The third-order valence-electron chi connectivity index (χ3n) is 6.31. The van der Waals surface area contributed by atoms with Crippen LogP contribution in [0.15, 0.2) is 48.7 Å². The van der Waals surface area contributed by atoms with Crippen LogP contribution in [-0.4, -0.2) is 49.3 Å². The summed E-state index contributed by atoms with van der Waals surface area (Å²) in [6.07, 6.45) is -3.29. The summed E-state index contributed by atoms with van der Waals surface area (Å²) in [6.45, 7) is 2.70. The highest BCUT2D eigenvalue weighted by molar-refractivity contribution is 5.95. The summed E-state index contributed by atoms with van der Waals surface area (Å²) in [5, 5.41) is 8.63. The zero-order chi connectivity index (χ0) is 26.6. The first-order valence-electron chi connectivity index (χ1n) is 11.7. The van der Waals surface area contributed by atoms with Gasteiger partial charge in [-0.15, -0.1) is 0 Å². The van der Waals surface area contributed by atoms with Crippen LogP contribution in [0.5, 0.6) is 5.75 Å². The van der Waals surface area contributed by atoms with Crippen LogP contribution < -0.4 is 20.7 Å². The summed E-state index contributed by atoms with van der Waals surface area (Å²) in [5.74, 6) is -0.355. The van der Waals surface area contributed by atoms with Gasteiger partial charge in [-0.05, 0) is 35.7 Å². The zero-order valence-corrected chi connectivity index (χ0v) is 20.6. The number of carbonyl (C=O) groups excluding carboxylic acids is 1. The van der Waals surface area contributed by atoms with Crippen LogP contribution in [0.3, 0.4) is 0 Å². The lowest BCUT2D eigenvalue weighted by Crippen LogP contribution is -2.27. The van der Waals surface area contributed by atoms with Crippen LogP contribution in [0.2, 0.25) is 0 Å². The lowest BCUT2D eigenvalue weighted by atomic mass is 10.0. The van der Waals surface area contributed by atoms with E-state index >= 15 is 0 Å². The van der Waals surface area contributed by atoms with E-state index < -0.39 is 11.7 Å². The van der Waals surface area contributed by atoms with Crippen LogP contribution in [0.4, 0.5) is 30.6 Å². The van der Waals surface area contributed by atoms with Crippen LogP contribution in [0.1, 0.15) is 39.9 Å². The average Bonchev–Trinajstić information content (AvgIpc) is 3.19. The number of rotatable bonds is 9. The van der Waals surface area contributed by atoms with Crippen molar-refractivity contribution in [2.45, 2.75) is 31.5 Å². The molecule has 11 heteroatoms. The van der Waals surface area contributed by atoms with Crippen molar-refractivity contribution in [1.82, 2.24) is 15.3 Å². The Bertz CT molecular complexity index is 1270. The van der Waals surface area contributed by atoms with Gasteiger partial charge in [0.15, 0.2) is 0 Å². The van der Waals surface area contributed by atoms with Crippen molar-refractivity contribution in [3.8, 4) is 5.75 Å². The summed E-state index contributed by atoms with van der Waals surface area (Å²) in [4.78, 5) is 20.4. The number of carbonyl (C=O) groups is 1. The van der Waals surface area contributed by atoms with E-state index in [0.717, 1.165) is 17.3 Å². The summed E-state index contributed by atoms with van der Waals surface area (Å²) in [7, 11) is 2.96. The SMILES string of the molecule is COCCNC(=O)c1ccc(Nc2ncc(C(F)(F)F)c(N[C@@H]3Cc4ccccc4[C@H]3C)n2)c(OC)c1. The van der Waals surface area contributed by atoms with E-state index in [1.807, 2.05) is 31.2 Å². The molecule has 8 nitrogen and oxygen atoms in total. The van der Waals surface area contributed by atoms with Crippen molar-refractivity contribution >= 4 is 23.4 Å². The minimum absolute atomic E-state index is 0.00586. The molecule has 37 heavy (non-hydrogen) atoms. The summed E-state index contributed by atoms with van der Waals surface area (Å²) in [5.41, 5.74) is 2.00. The predicted octanol–water partition coefficient (Wildman–Crippen LogP) is 4.76. The molecule has 4 rings (SSSR count). The lowest BCUT2D eigenvalue weighted by Gasteiger charge is -2.22. The molecule has 0 unspecified atom stereocenters. The minimum atomic E-state index is -4.63. The number of nitrogens with zero attached hydrogens (tertiary/aromatic N) is 2. The molecule has 3 aromatic rings. The largest absolute Gasteiger partial charge is 0.495 e. The van der Waals surface area contributed by atoms with E-state index in [4.69, 9.17) is 9.47 Å². The first-order chi connectivity index (χ1) is 17.7. The van der Waals surface area contributed by atoms with Crippen molar-refractivity contribution in [3.63, 3.8) is 0 Å². The highest BCUT2D eigenvalue weighted by Crippen LogP contribution is 2.39. The van der Waals surface area contributed by atoms with Crippen molar-refractivity contribution < 1.29 is 27.4 Å². The number of hydrogen-bond acceptors (Lipinski definition) is 7. The van der Waals surface area contributed by atoms with Gasteiger partial charge in [0, 0.05) is 37.4 Å². The molecule has 1 amide bonds. The lowest BCUT2D eigenvalue weighted by molar-refractivity contribution is -0.137. The highest BCUT2D eigenvalue weighted by atomic mass is 19.4. The highest BCUT2D eigenvalue weighted by Gasteiger charge is 2.37. The normalized spacial score (nSPS) is 16.7. The Morgan fingerprint density at radius 2 is 1.95 bits per heavy atom. The van der Waals surface area contributed by atoms with Gasteiger partial charge in [-0.3, -0.25) is 4.79 Å². The maximum atomic E-state index is 13.8. The molecule has 196 valence electrons. The van der Waals surface area contributed by atoms with Gasteiger partial charge in [-0.25, -0.2) is 4.98 Å². The molecule has 1 aromatic heterocycles. The molecule has 0 saturated heterocycles. The Labute approximate surface area is 212 Å². The molecule has 0 fully saturated rings. The summed E-state index contributed by atoms with van der Waals surface area (Å²) < 4.78 is 51.7. The maximum absolute atomic E-state index is 13.8. The van der Waals surface area contributed by atoms with Crippen LogP contribution in [0.25, 0.3) is 0 Å². The van der Waals surface area contributed by atoms with Gasteiger partial charge in [0.25, 0.3) is 5.91 Å². The van der Waals surface area contributed by atoms with Gasteiger partial charge in [-0.1, -0.05) is 31.2 Å². The number of nitrogens with one attached hydrogen (secondary N) is 3. The first kappa shape index (κ1) is 26.2. The smallest absolute Gasteiger partial charge is 0.421 e. The summed E-state index contributed by atoms with van der Waals surface area (Å²) >= 11 is 0. The fourth-order valence-electron chi connectivity index (χ4n) is 4.33. The molecule has 0 saturated carbocycles. The maximum Gasteiger partial charge on any atom is 0.421 e. The van der Waals surface area contributed by atoms with Crippen LogP contribution in [0, 0.1) is 0 Å².